The molecule has 0 aliphatic carbocycles. The third-order valence-electron chi connectivity index (χ3n) is 3.56. The molecule has 2 aromatic rings. The van der Waals surface area contributed by atoms with E-state index < -0.39 is 22.9 Å². The third kappa shape index (κ3) is 6.44. The minimum Gasteiger partial charge on any atom is -0.479 e. The number of hydrogen-bond donors (Lipinski definition) is 0. The van der Waals surface area contributed by atoms with E-state index in [0.29, 0.717) is 20.6 Å². The fourth-order valence-corrected chi connectivity index (χ4v) is 4.33. The minimum atomic E-state index is -3.59. The number of halogens is 3. The number of sulfonamides is 1. The highest BCUT2D eigenvalue weighted by Gasteiger charge is 2.23. The second kappa shape index (κ2) is 10.6. The van der Waals surface area contributed by atoms with Crippen LogP contribution in [0.4, 0.5) is 14.5 Å². The van der Waals surface area contributed by atoms with Crippen molar-refractivity contribution >= 4 is 50.8 Å². The third-order valence-corrected chi connectivity index (χ3v) is 6.50. The number of benzene rings is 1. The molecule has 1 aromatic carbocycles. The summed E-state index contributed by atoms with van der Waals surface area (Å²) < 4.78 is 56.4. The van der Waals surface area contributed by atoms with Crippen LogP contribution in [-0.4, -0.2) is 51.2 Å². The summed E-state index contributed by atoms with van der Waals surface area (Å²) in [5.74, 6) is -0.0559. The lowest BCUT2D eigenvalue weighted by Crippen LogP contribution is -2.31. The molecule has 0 amide bonds. The Labute approximate surface area is 176 Å². The van der Waals surface area contributed by atoms with Gasteiger partial charge in [0.1, 0.15) is 16.6 Å². The number of methoxy groups -OCH3 is 1. The molecule has 2 rings (SSSR count). The standard InChI is InChI=1S/C17H19ClF2N4O3S2/c1-3-29(25,26)24(14-6-4-5-12(18)7-14)11-16-21-10-15(28-16)17(27-2)23-22-9-13(20)8-19/h4-7,9-10,13H,3,8,11H2,1-2H3/b22-9+,23-17-. The Hall–Kier alpha value is -2.11. The normalized spacial score (nSPS) is 13.6. The molecule has 0 bridgehead atoms. The van der Waals surface area contributed by atoms with Crippen LogP contribution in [0.2, 0.25) is 5.02 Å². The van der Waals surface area contributed by atoms with Gasteiger partial charge in [-0.2, -0.15) is 5.10 Å². The highest BCUT2D eigenvalue weighted by molar-refractivity contribution is 7.92. The molecule has 0 aliphatic rings. The summed E-state index contributed by atoms with van der Waals surface area (Å²) in [5.41, 5.74) is 0.418. The first-order chi connectivity index (χ1) is 13.8. The van der Waals surface area contributed by atoms with Crippen LogP contribution >= 0.6 is 22.9 Å². The summed E-state index contributed by atoms with van der Waals surface area (Å²) in [4.78, 5) is 4.67. The van der Waals surface area contributed by atoms with Crippen LogP contribution in [-0.2, 0) is 21.3 Å². The molecule has 0 aliphatic heterocycles. The number of hydrogen-bond acceptors (Lipinski definition) is 7. The van der Waals surface area contributed by atoms with E-state index in [1.165, 1.54) is 17.6 Å². The first-order valence-corrected chi connectivity index (χ1v) is 11.2. The van der Waals surface area contributed by atoms with Gasteiger partial charge in [-0.05, 0) is 25.1 Å². The molecule has 0 N–H and O–H groups in total. The Kier molecular flexibility index (Phi) is 8.47. The van der Waals surface area contributed by atoms with Crippen LogP contribution in [0.1, 0.15) is 16.8 Å². The maximum Gasteiger partial charge on any atom is 0.252 e. The lowest BCUT2D eigenvalue weighted by atomic mass is 10.3. The molecular weight excluding hydrogens is 446 g/mol. The van der Waals surface area contributed by atoms with Gasteiger partial charge in [0.05, 0.1) is 37.5 Å². The predicted octanol–water partition coefficient (Wildman–Crippen LogP) is 3.84. The molecule has 0 saturated heterocycles. The maximum atomic E-state index is 12.9. The molecule has 1 aromatic heterocycles. The topological polar surface area (TPSA) is 84.2 Å². The molecule has 0 radical (unpaired) electrons. The van der Waals surface area contributed by atoms with Gasteiger partial charge in [0.15, 0.2) is 6.17 Å². The van der Waals surface area contributed by atoms with Gasteiger partial charge < -0.3 is 4.74 Å². The molecule has 0 saturated carbocycles. The summed E-state index contributed by atoms with van der Waals surface area (Å²) in [7, 11) is -2.25. The molecule has 12 heteroatoms. The Balaban J connectivity index is 2.29. The van der Waals surface area contributed by atoms with E-state index in [0.717, 1.165) is 17.6 Å². The van der Waals surface area contributed by atoms with Crippen LogP contribution in [0.3, 0.4) is 0 Å². The summed E-state index contributed by atoms with van der Waals surface area (Å²) >= 11 is 7.14. The van der Waals surface area contributed by atoms with Crippen LogP contribution in [0, 0.1) is 0 Å². The van der Waals surface area contributed by atoms with Gasteiger partial charge in [0.2, 0.25) is 10.0 Å². The van der Waals surface area contributed by atoms with E-state index in [9.17, 15) is 17.2 Å². The van der Waals surface area contributed by atoms with E-state index >= 15 is 0 Å². The van der Waals surface area contributed by atoms with E-state index in [1.54, 1.807) is 31.2 Å². The van der Waals surface area contributed by atoms with Crippen LogP contribution in [0.5, 0.6) is 0 Å². The minimum absolute atomic E-state index is 0.0180. The van der Waals surface area contributed by atoms with Crippen LogP contribution in [0.25, 0.3) is 0 Å². The van der Waals surface area contributed by atoms with Crippen LogP contribution in [0.15, 0.2) is 40.7 Å². The van der Waals surface area contributed by atoms with Gasteiger partial charge >= 0.3 is 0 Å². The van der Waals surface area contributed by atoms with Crippen molar-refractivity contribution in [2.45, 2.75) is 19.6 Å². The Morgan fingerprint density at radius 3 is 2.86 bits per heavy atom. The second-order valence-corrected chi connectivity index (χ2v) is 9.28. The number of rotatable bonds is 9. The van der Waals surface area contributed by atoms with Crippen molar-refractivity contribution in [2.75, 3.05) is 23.8 Å². The van der Waals surface area contributed by atoms with Crippen molar-refractivity contribution in [3.8, 4) is 0 Å². The quantitative estimate of drug-likeness (QED) is 0.320. The van der Waals surface area contributed by atoms with E-state index in [4.69, 9.17) is 16.3 Å². The lowest BCUT2D eigenvalue weighted by molar-refractivity contribution is 0.332. The molecule has 158 valence electrons. The Morgan fingerprint density at radius 2 is 2.24 bits per heavy atom. The number of aromatic nitrogens is 1. The van der Waals surface area contributed by atoms with E-state index in [1.807, 2.05) is 0 Å². The van der Waals surface area contributed by atoms with Crippen LogP contribution < -0.4 is 4.31 Å². The lowest BCUT2D eigenvalue weighted by Gasteiger charge is -2.23. The number of anilines is 1. The van der Waals surface area contributed by atoms with Gasteiger partial charge in [0, 0.05) is 5.02 Å². The Morgan fingerprint density at radius 1 is 1.48 bits per heavy atom. The fraction of sp³-hybridized carbons (Fsp3) is 0.353. The molecule has 1 unspecified atom stereocenters. The van der Waals surface area contributed by atoms with Crippen molar-refractivity contribution in [2.24, 2.45) is 10.2 Å². The predicted molar refractivity (Wildman–Crippen MR) is 112 cm³/mol. The average molecular weight is 465 g/mol. The van der Waals surface area contributed by atoms with Crippen molar-refractivity contribution in [1.82, 2.24) is 4.98 Å². The average Bonchev–Trinajstić information content (AvgIpc) is 3.17. The molecule has 0 fully saturated rings. The largest absolute Gasteiger partial charge is 0.479 e. The molecule has 29 heavy (non-hydrogen) atoms. The van der Waals surface area contributed by atoms with E-state index in [2.05, 4.69) is 15.2 Å². The van der Waals surface area contributed by atoms with Crippen molar-refractivity contribution < 1.29 is 21.9 Å². The van der Waals surface area contributed by atoms with Gasteiger partial charge in [0.25, 0.3) is 5.90 Å². The van der Waals surface area contributed by atoms with Crippen molar-refractivity contribution in [3.05, 3.63) is 45.4 Å². The molecule has 0 spiro atoms. The SMILES string of the molecule is CCS(=O)(=O)N(Cc1ncc(/C(=N/N=C/C(F)CF)OC)s1)c1cccc(Cl)c1. The summed E-state index contributed by atoms with van der Waals surface area (Å²) in [6, 6.07) is 6.50. The maximum absolute atomic E-state index is 12.9. The number of thiazole rings is 1. The van der Waals surface area contributed by atoms with Crippen molar-refractivity contribution in [1.29, 1.82) is 0 Å². The summed E-state index contributed by atoms with van der Waals surface area (Å²) in [5, 5.41) is 8.03. The highest BCUT2D eigenvalue weighted by atomic mass is 35.5. The first kappa shape index (κ1) is 23.2. The molecule has 7 nitrogen and oxygen atoms in total. The fourth-order valence-electron chi connectivity index (χ4n) is 2.13. The number of nitrogens with zero attached hydrogens (tertiary/aromatic N) is 4. The van der Waals surface area contributed by atoms with E-state index in [-0.39, 0.29) is 18.2 Å². The van der Waals surface area contributed by atoms with Gasteiger partial charge in [-0.3, -0.25) is 4.31 Å². The van der Waals surface area contributed by atoms with Gasteiger partial charge in [-0.15, -0.1) is 16.4 Å². The molecule has 1 heterocycles. The highest BCUT2D eigenvalue weighted by Crippen LogP contribution is 2.26. The number of ether oxygens (including phenoxy) is 1. The Bertz CT molecular complexity index is 983. The van der Waals surface area contributed by atoms with Gasteiger partial charge in [-0.1, -0.05) is 17.7 Å². The first-order valence-electron chi connectivity index (χ1n) is 8.37. The van der Waals surface area contributed by atoms with Crippen molar-refractivity contribution in [3.63, 3.8) is 0 Å². The zero-order valence-corrected chi connectivity index (χ0v) is 18.0. The monoisotopic (exact) mass is 464 g/mol. The zero-order chi connectivity index (χ0) is 21.4. The molecule has 1 atom stereocenters. The smallest absolute Gasteiger partial charge is 0.252 e. The van der Waals surface area contributed by atoms with Gasteiger partial charge in [-0.25, -0.2) is 22.2 Å². The number of alkyl halides is 2. The molecular formula is C17H19ClF2N4O3S2. The summed E-state index contributed by atoms with van der Waals surface area (Å²) in [6.45, 7) is 0.330. The summed E-state index contributed by atoms with van der Waals surface area (Å²) in [6.07, 6.45) is 0.309. The zero-order valence-electron chi connectivity index (χ0n) is 15.6. The second-order valence-electron chi connectivity index (χ2n) is 5.55.